The number of nitriles is 1. The summed E-state index contributed by atoms with van der Waals surface area (Å²) in [6.07, 6.45) is 0.388. The van der Waals surface area contributed by atoms with Crippen LogP contribution in [-0.4, -0.2) is 59.1 Å². The summed E-state index contributed by atoms with van der Waals surface area (Å²) in [6, 6.07) is 2.44. The van der Waals surface area contributed by atoms with Crippen molar-refractivity contribution in [2.75, 3.05) is 32.1 Å². The molecule has 0 radical (unpaired) electrons. The molecule has 1 aliphatic heterocycles. The predicted molar refractivity (Wildman–Crippen MR) is 73.0 cm³/mol. The Balaban J connectivity index is 2.37. The van der Waals surface area contributed by atoms with E-state index < -0.39 is 0 Å². The lowest BCUT2D eigenvalue weighted by Crippen LogP contribution is -2.39. The number of aliphatic hydroxyl groups is 1. The Morgan fingerprint density at radius 2 is 2.21 bits per heavy atom. The van der Waals surface area contributed by atoms with E-state index >= 15 is 0 Å². The molecule has 0 saturated carbocycles. The second-order valence-corrected chi connectivity index (χ2v) is 5.48. The van der Waals surface area contributed by atoms with Crippen molar-refractivity contribution in [2.45, 2.75) is 25.5 Å². The minimum absolute atomic E-state index is 0.215. The molecule has 2 atom stereocenters. The summed E-state index contributed by atoms with van der Waals surface area (Å²) < 4.78 is 1.74. The number of anilines is 1. The Bertz CT molecular complexity index is 502. The number of β-amino-alcohol motifs (C(OH)–C–C–N with tert-alkyl or cyclic N) is 1. The molecular weight excluding hydrogens is 242 g/mol. The molecular formula is C13H21N5O. The fourth-order valence-corrected chi connectivity index (χ4v) is 2.85. The van der Waals surface area contributed by atoms with Gasteiger partial charge in [-0.05, 0) is 27.4 Å². The molecule has 1 aromatic rings. The fourth-order valence-electron chi connectivity index (χ4n) is 2.85. The molecule has 1 N–H and O–H groups in total. The van der Waals surface area contributed by atoms with Crippen molar-refractivity contribution in [3.8, 4) is 6.07 Å². The fraction of sp³-hybridized carbons (Fsp3) is 0.692. The van der Waals surface area contributed by atoms with Crippen LogP contribution in [0.2, 0.25) is 0 Å². The first-order valence-electron chi connectivity index (χ1n) is 6.47. The van der Waals surface area contributed by atoms with Crippen LogP contribution in [0.25, 0.3) is 0 Å². The summed E-state index contributed by atoms with van der Waals surface area (Å²) in [6.45, 7) is 3.26. The van der Waals surface area contributed by atoms with Gasteiger partial charge in [0, 0.05) is 26.2 Å². The monoisotopic (exact) mass is 263 g/mol. The Hall–Kier alpha value is -1.58. The van der Waals surface area contributed by atoms with Crippen LogP contribution in [0, 0.1) is 18.3 Å². The summed E-state index contributed by atoms with van der Waals surface area (Å²) in [5.74, 6) is 0.823. The first-order valence-corrected chi connectivity index (χ1v) is 6.47. The van der Waals surface area contributed by atoms with Gasteiger partial charge in [0.05, 0.1) is 11.8 Å². The van der Waals surface area contributed by atoms with Gasteiger partial charge >= 0.3 is 0 Å². The molecule has 0 spiro atoms. The van der Waals surface area contributed by atoms with E-state index in [0.717, 1.165) is 24.5 Å². The number of hydrogen-bond acceptors (Lipinski definition) is 5. The minimum atomic E-state index is -0.341. The molecule has 104 valence electrons. The van der Waals surface area contributed by atoms with Gasteiger partial charge in [0.15, 0.2) is 0 Å². The van der Waals surface area contributed by atoms with Gasteiger partial charge < -0.3 is 14.9 Å². The van der Waals surface area contributed by atoms with Crippen LogP contribution < -0.4 is 4.90 Å². The quantitative estimate of drug-likeness (QED) is 0.838. The Morgan fingerprint density at radius 1 is 1.53 bits per heavy atom. The van der Waals surface area contributed by atoms with Crippen molar-refractivity contribution in [3.63, 3.8) is 0 Å². The third kappa shape index (κ3) is 2.57. The second kappa shape index (κ2) is 5.19. The lowest BCUT2D eigenvalue weighted by Gasteiger charge is -2.28. The van der Waals surface area contributed by atoms with Crippen LogP contribution in [0.3, 0.4) is 0 Å². The van der Waals surface area contributed by atoms with Gasteiger partial charge in [-0.15, -0.1) is 0 Å². The zero-order chi connectivity index (χ0) is 14.2. The van der Waals surface area contributed by atoms with Crippen molar-refractivity contribution in [1.29, 1.82) is 5.26 Å². The molecule has 0 amide bonds. The lowest BCUT2D eigenvalue weighted by molar-refractivity contribution is 0.191. The lowest BCUT2D eigenvalue weighted by atomic mass is 10.2. The molecule has 1 aromatic heterocycles. The van der Waals surface area contributed by atoms with E-state index in [1.54, 1.807) is 4.68 Å². The molecule has 6 heteroatoms. The molecule has 0 aromatic carbocycles. The van der Waals surface area contributed by atoms with Crippen molar-refractivity contribution >= 4 is 5.82 Å². The summed E-state index contributed by atoms with van der Waals surface area (Å²) in [5, 5.41) is 23.6. The number of aromatic nitrogens is 2. The Labute approximate surface area is 113 Å². The van der Waals surface area contributed by atoms with Gasteiger partial charge in [0.25, 0.3) is 0 Å². The molecule has 2 heterocycles. The number of aliphatic hydroxyl groups excluding tert-OH is 1. The Kier molecular flexibility index (Phi) is 3.78. The normalized spacial score (nSPS) is 23.1. The summed E-state index contributed by atoms with van der Waals surface area (Å²) >= 11 is 0. The number of likely N-dealkylation sites (N-methyl/N-ethyl adjacent to an activating group) is 1. The highest BCUT2D eigenvalue weighted by Crippen LogP contribution is 2.30. The molecule has 1 saturated heterocycles. The molecule has 0 bridgehead atoms. The molecule has 1 aliphatic rings. The summed E-state index contributed by atoms with van der Waals surface area (Å²) in [7, 11) is 5.88. The maximum Gasteiger partial charge on any atom is 0.145 e. The van der Waals surface area contributed by atoms with Gasteiger partial charge in [0.2, 0.25) is 0 Å². The van der Waals surface area contributed by atoms with E-state index in [9.17, 15) is 10.4 Å². The first-order chi connectivity index (χ1) is 8.93. The third-order valence-electron chi connectivity index (χ3n) is 3.54. The van der Waals surface area contributed by atoms with E-state index in [4.69, 9.17) is 0 Å². The van der Waals surface area contributed by atoms with E-state index in [0.29, 0.717) is 12.1 Å². The topological polar surface area (TPSA) is 68.3 Å². The maximum atomic E-state index is 9.93. The van der Waals surface area contributed by atoms with Crippen LogP contribution in [0.5, 0.6) is 0 Å². The van der Waals surface area contributed by atoms with Crippen molar-refractivity contribution in [1.82, 2.24) is 14.7 Å². The standard InChI is InChI=1S/C13H21N5O/c1-9-12(6-14)13(17(4)15-9)18-8-11(19)5-10(18)7-16(2)3/h10-11,19H,5,7-8H2,1-4H3. The average molecular weight is 263 g/mol. The molecule has 1 fully saturated rings. The SMILES string of the molecule is Cc1nn(C)c(N2CC(O)CC2CN(C)C)c1C#N. The van der Waals surface area contributed by atoms with Crippen molar-refractivity contribution in [3.05, 3.63) is 11.3 Å². The molecule has 0 aliphatic carbocycles. The third-order valence-corrected chi connectivity index (χ3v) is 3.54. The van der Waals surface area contributed by atoms with Crippen LogP contribution in [0.15, 0.2) is 0 Å². The van der Waals surface area contributed by atoms with Gasteiger partial charge in [-0.1, -0.05) is 0 Å². The van der Waals surface area contributed by atoms with Gasteiger partial charge in [-0.2, -0.15) is 10.4 Å². The zero-order valence-electron chi connectivity index (χ0n) is 12.0. The number of nitrogens with zero attached hydrogens (tertiary/aromatic N) is 5. The minimum Gasteiger partial charge on any atom is -0.391 e. The zero-order valence-corrected chi connectivity index (χ0v) is 12.0. The van der Waals surface area contributed by atoms with Gasteiger partial charge in [0.1, 0.15) is 17.5 Å². The average Bonchev–Trinajstić information content (AvgIpc) is 2.77. The highest BCUT2D eigenvalue weighted by Gasteiger charge is 2.34. The van der Waals surface area contributed by atoms with Crippen molar-refractivity contribution < 1.29 is 5.11 Å². The Morgan fingerprint density at radius 3 is 2.79 bits per heavy atom. The molecule has 2 rings (SSSR count). The van der Waals surface area contributed by atoms with Gasteiger partial charge in [-0.3, -0.25) is 4.68 Å². The smallest absolute Gasteiger partial charge is 0.145 e. The molecule has 19 heavy (non-hydrogen) atoms. The highest BCUT2D eigenvalue weighted by atomic mass is 16.3. The molecule has 2 unspecified atom stereocenters. The largest absolute Gasteiger partial charge is 0.391 e. The van der Waals surface area contributed by atoms with Gasteiger partial charge in [-0.25, -0.2) is 0 Å². The van der Waals surface area contributed by atoms with E-state index in [1.807, 2.05) is 28.1 Å². The van der Waals surface area contributed by atoms with Crippen LogP contribution in [0.4, 0.5) is 5.82 Å². The first kappa shape index (κ1) is 13.8. The summed E-state index contributed by atoms with van der Waals surface area (Å²) in [5.41, 5.74) is 1.35. The second-order valence-electron chi connectivity index (χ2n) is 5.48. The number of rotatable bonds is 3. The number of hydrogen-bond donors (Lipinski definition) is 1. The van der Waals surface area contributed by atoms with E-state index in [-0.39, 0.29) is 12.1 Å². The highest BCUT2D eigenvalue weighted by molar-refractivity contribution is 5.58. The molecule has 6 nitrogen and oxygen atoms in total. The van der Waals surface area contributed by atoms with Crippen LogP contribution in [-0.2, 0) is 7.05 Å². The van der Waals surface area contributed by atoms with Crippen molar-refractivity contribution in [2.24, 2.45) is 7.05 Å². The maximum absolute atomic E-state index is 9.93. The van der Waals surface area contributed by atoms with E-state index in [1.165, 1.54) is 0 Å². The van der Waals surface area contributed by atoms with Crippen LogP contribution >= 0.6 is 0 Å². The predicted octanol–water partition coefficient (Wildman–Crippen LogP) is 0.101. The summed E-state index contributed by atoms with van der Waals surface area (Å²) in [4.78, 5) is 4.22. The van der Waals surface area contributed by atoms with E-state index in [2.05, 4.69) is 21.0 Å². The van der Waals surface area contributed by atoms with Crippen LogP contribution in [0.1, 0.15) is 17.7 Å². The number of aryl methyl sites for hydroxylation is 2.